The summed E-state index contributed by atoms with van der Waals surface area (Å²) < 4.78 is 1.80. The highest BCUT2D eigenvalue weighted by Gasteiger charge is 2.11. The van der Waals surface area contributed by atoms with E-state index in [0.29, 0.717) is 5.02 Å². The number of aromatic nitrogens is 3. The van der Waals surface area contributed by atoms with Gasteiger partial charge in [-0.25, -0.2) is 9.50 Å². The van der Waals surface area contributed by atoms with Crippen molar-refractivity contribution >= 4 is 39.5 Å². The van der Waals surface area contributed by atoms with Crippen LogP contribution in [0.5, 0.6) is 0 Å². The Morgan fingerprint density at radius 3 is 2.00 bits per heavy atom. The molecule has 2 aromatic heterocycles. The molecule has 0 saturated heterocycles. The first-order valence-electron chi connectivity index (χ1n) is 6.57. The van der Waals surface area contributed by atoms with E-state index in [4.69, 9.17) is 23.2 Å². The largest absolute Gasteiger partial charge is 0.217 e. The van der Waals surface area contributed by atoms with Crippen LogP contribution in [0.25, 0.3) is 26.8 Å². The molecule has 6 heteroatoms. The van der Waals surface area contributed by atoms with Crippen LogP contribution < -0.4 is 0 Å². The predicted molar refractivity (Wildman–Crippen MR) is 91.8 cm³/mol. The minimum atomic E-state index is 0.716. The van der Waals surface area contributed by atoms with E-state index >= 15 is 0 Å². The van der Waals surface area contributed by atoms with Crippen LogP contribution in [0, 0.1) is 0 Å². The first-order valence-corrected chi connectivity index (χ1v) is 8.14. The van der Waals surface area contributed by atoms with E-state index in [1.165, 1.54) is 0 Å². The minimum Gasteiger partial charge on any atom is -0.217 e. The number of rotatable bonds is 2. The van der Waals surface area contributed by atoms with Crippen LogP contribution in [-0.2, 0) is 0 Å². The molecule has 2 aromatic carbocycles. The van der Waals surface area contributed by atoms with E-state index in [1.807, 2.05) is 54.7 Å². The van der Waals surface area contributed by atoms with Gasteiger partial charge in [-0.2, -0.15) is 5.10 Å². The van der Waals surface area contributed by atoms with Gasteiger partial charge in [0, 0.05) is 21.2 Å². The summed E-state index contributed by atoms with van der Waals surface area (Å²) in [6, 6.07) is 15.3. The summed E-state index contributed by atoms with van der Waals surface area (Å²) in [7, 11) is 0. The molecule has 4 aromatic rings. The fraction of sp³-hybridized carbons (Fsp3) is 0. The Bertz CT molecular complexity index is 833. The highest BCUT2D eigenvalue weighted by Crippen LogP contribution is 2.29. The number of hydrogen-bond donors (Lipinski definition) is 0. The van der Waals surface area contributed by atoms with Gasteiger partial charge >= 0.3 is 0 Å². The topological polar surface area (TPSA) is 30.2 Å². The zero-order valence-corrected chi connectivity index (χ0v) is 13.5. The maximum absolute atomic E-state index is 5.91. The molecule has 0 bridgehead atoms. The monoisotopic (exact) mass is 345 g/mol. The lowest BCUT2D eigenvalue weighted by atomic mass is 10.2. The third kappa shape index (κ3) is 2.50. The number of nitrogens with zero attached hydrogens (tertiary/aromatic N) is 3. The highest BCUT2D eigenvalue weighted by atomic mass is 35.5. The first kappa shape index (κ1) is 13.8. The van der Waals surface area contributed by atoms with Crippen molar-refractivity contribution < 1.29 is 0 Å². The second-order valence-electron chi connectivity index (χ2n) is 4.77. The van der Waals surface area contributed by atoms with Crippen molar-refractivity contribution in [2.45, 2.75) is 0 Å². The van der Waals surface area contributed by atoms with Crippen LogP contribution in [0.1, 0.15) is 0 Å². The van der Waals surface area contributed by atoms with E-state index < -0.39 is 0 Å². The smallest absolute Gasteiger partial charge is 0.213 e. The Hall–Kier alpha value is -1.88. The maximum Gasteiger partial charge on any atom is 0.213 e. The summed E-state index contributed by atoms with van der Waals surface area (Å²) >= 11 is 13.4. The molecule has 0 atom stereocenters. The van der Waals surface area contributed by atoms with E-state index in [0.717, 1.165) is 31.8 Å². The zero-order chi connectivity index (χ0) is 15.1. The lowest BCUT2D eigenvalue weighted by Gasteiger charge is -1.96. The zero-order valence-electron chi connectivity index (χ0n) is 11.2. The number of hydrogen-bond acceptors (Lipinski definition) is 3. The van der Waals surface area contributed by atoms with Crippen molar-refractivity contribution in [3.8, 4) is 21.8 Å². The van der Waals surface area contributed by atoms with Crippen molar-refractivity contribution in [1.82, 2.24) is 14.6 Å². The standard InChI is InChI=1S/C16H9Cl2N3S/c17-12-5-1-10(2-6-12)14-9-21-16(19-14)22-15(20-21)11-3-7-13(18)8-4-11/h1-9H. The van der Waals surface area contributed by atoms with E-state index in [2.05, 4.69) is 10.1 Å². The molecule has 0 spiro atoms. The van der Waals surface area contributed by atoms with Crippen molar-refractivity contribution in [3.05, 3.63) is 64.8 Å². The molecule has 0 N–H and O–H groups in total. The Morgan fingerprint density at radius 1 is 0.818 bits per heavy atom. The van der Waals surface area contributed by atoms with Crippen LogP contribution >= 0.6 is 34.5 Å². The van der Waals surface area contributed by atoms with Crippen LogP contribution in [0.15, 0.2) is 54.7 Å². The van der Waals surface area contributed by atoms with Crippen LogP contribution in [-0.4, -0.2) is 14.6 Å². The lowest BCUT2D eigenvalue weighted by Crippen LogP contribution is -1.82. The van der Waals surface area contributed by atoms with Gasteiger partial charge in [-0.15, -0.1) is 0 Å². The summed E-state index contributed by atoms with van der Waals surface area (Å²) in [5.41, 5.74) is 2.95. The van der Waals surface area contributed by atoms with E-state index in [-0.39, 0.29) is 0 Å². The molecule has 4 rings (SSSR count). The average molecular weight is 346 g/mol. The third-order valence-electron chi connectivity index (χ3n) is 3.27. The number of fused-ring (bicyclic) bond motifs is 1. The van der Waals surface area contributed by atoms with Crippen molar-refractivity contribution in [1.29, 1.82) is 0 Å². The Morgan fingerprint density at radius 2 is 1.41 bits per heavy atom. The van der Waals surface area contributed by atoms with Crippen LogP contribution in [0.3, 0.4) is 0 Å². The van der Waals surface area contributed by atoms with E-state index in [1.54, 1.807) is 15.9 Å². The van der Waals surface area contributed by atoms with Gasteiger partial charge in [0.2, 0.25) is 4.96 Å². The van der Waals surface area contributed by atoms with Crippen LogP contribution in [0.4, 0.5) is 0 Å². The molecule has 108 valence electrons. The van der Waals surface area contributed by atoms with Gasteiger partial charge in [0.25, 0.3) is 0 Å². The van der Waals surface area contributed by atoms with Gasteiger partial charge in [0.15, 0.2) is 0 Å². The predicted octanol–water partition coefficient (Wildman–Crippen LogP) is 5.43. The van der Waals surface area contributed by atoms with Gasteiger partial charge in [0.1, 0.15) is 5.01 Å². The molecule has 0 aliphatic carbocycles. The molecule has 0 aliphatic rings. The van der Waals surface area contributed by atoms with Gasteiger partial charge in [-0.3, -0.25) is 0 Å². The molecular formula is C16H9Cl2N3S. The highest BCUT2D eigenvalue weighted by molar-refractivity contribution is 7.19. The van der Waals surface area contributed by atoms with Crippen molar-refractivity contribution in [2.24, 2.45) is 0 Å². The van der Waals surface area contributed by atoms with E-state index in [9.17, 15) is 0 Å². The first-order chi connectivity index (χ1) is 10.7. The summed E-state index contributed by atoms with van der Waals surface area (Å²) in [6.07, 6.45) is 1.93. The Kier molecular flexibility index (Phi) is 3.37. The summed E-state index contributed by atoms with van der Waals surface area (Å²) in [4.78, 5) is 5.48. The molecule has 0 saturated carbocycles. The lowest BCUT2D eigenvalue weighted by molar-refractivity contribution is 0.978. The molecule has 0 aliphatic heterocycles. The van der Waals surface area contributed by atoms with Crippen molar-refractivity contribution in [3.63, 3.8) is 0 Å². The number of imidazole rings is 1. The quantitative estimate of drug-likeness (QED) is 0.484. The van der Waals surface area contributed by atoms with Gasteiger partial charge in [-0.1, -0.05) is 58.8 Å². The number of benzene rings is 2. The molecule has 0 unspecified atom stereocenters. The Balaban J connectivity index is 1.73. The van der Waals surface area contributed by atoms with Gasteiger partial charge < -0.3 is 0 Å². The molecular weight excluding hydrogens is 337 g/mol. The summed E-state index contributed by atoms with van der Waals surface area (Å²) in [5, 5.41) is 6.93. The fourth-order valence-electron chi connectivity index (χ4n) is 2.17. The molecule has 0 fully saturated rings. The SMILES string of the molecule is Clc1ccc(-c2cn3nc(-c4ccc(Cl)cc4)sc3n2)cc1. The minimum absolute atomic E-state index is 0.716. The number of halogens is 2. The molecule has 2 heterocycles. The van der Waals surface area contributed by atoms with Gasteiger partial charge in [0.05, 0.1) is 11.9 Å². The van der Waals surface area contributed by atoms with Gasteiger partial charge in [-0.05, 0) is 24.3 Å². The molecule has 22 heavy (non-hydrogen) atoms. The second kappa shape index (κ2) is 5.39. The average Bonchev–Trinajstić information content (AvgIpc) is 3.07. The molecule has 0 amide bonds. The second-order valence-corrected chi connectivity index (χ2v) is 6.60. The fourth-order valence-corrected chi connectivity index (χ4v) is 3.31. The summed E-state index contributed by atoms with van der Waals surface area (Å²) in [6.45, 7) is 0. The van der Waals surface area contributed by atoms with Crippen LogP contribution in [0.2, 0.25) is 10.0 Å². The maximum atomic E-state index is 5.91. The van der Waals surface area contributed by atoms with Crippen molar-refractivity contribution in [2.75, 3.05) is 0 Å². The Labute approximate surface area is 140 Å². The molecule has 0 radical (unpaired) electrons. The normalized spacial score (nSPS) is 11.2. The third-order valence-corrected chi connectivity index (χ3v) is 4.75. The summed E-state index contributed by atoms with van der Waals surface area (Å²) in [5.74, 6) is 0. The molecule has 3 nitrogen and oxygen atoms in total.